The largest absolute Gasteiger partial charge is 0.383 e. The zero-order valence-corrected chi connectivity index (χ0v) is 14.4. The van der Waals surface area contributed by atoms with Gasteiger partial charge in [-0.25, -0.2) is 4.98 Å². The first-order chi connectivity index (χ1) is 12.4. The Labute approximate surface area is 150 Å². The fraction of sp³-hybridized carbons (Fsp3) is 0.100. The van der Waals surface area contributed by atoms with Crippen LogP contribution >= 0.6 is 0 Å². The van der Waals surface area contributed by atoms with Crippen molar-refractivity contribution in [3.05, 3.63) is 75.3 Å². The normalized spacial score (nSPS) is 10.3. The number of nitriles is 1. The van der Waals surface area contributed by atoms with Crippen molar-refractivity contribution in [2.45, 2.75) is 13.8 Å². The molecule has 0 aliphatic rings. The van der Waals surface area contributed by atoms with Crippen LogP contribution in [0.5, 0.6) is 0 Å². The van der Waals surface area contributed by atoms with Crippen molar-refractivity contribution in [3.63, 3.8) is 0 Å². The average molecular weight is 344 g/mol. The van der Waals surface area contributed by atoms with E-state index in [1.807, 2.05) is 38.1 Å². The van der Waals surface area contributed by atoms with Crippen LogP contribution in [0.3, 0.4) is 0 Å². The lowest BCUT2D eigenvalue weighted by atomic mass is 9.92. The summed E-state index contributed by atoms with van der Waals surface area (Å²) in [5.41, 5.74) is 11.1. The zero-order chi connectivity index (χ0) is 18.8. The van der Waals surface area contributed by atoms with Crippen molar-refractivity contribution in [1.29, 1.82) is 5.26 Å². The minimum absolute atomic E-state index is 0.00861. The maximum Gasteiger partial charge on any atom is 0.269 e. The maximum absolute atomic E-state index is 10.9. The van der Waals surface area contributed by atoms with Crippen molar-refractivity contribution >= 4 is 11.5 Å². The van der Waals surface area contributed by atoms with E-state index >= 15 is 0 Å². The molecular formula is C20H16N4O2. The van der Waals surface area contributed by atoms with Crippen LogP contribution in [-0.2, 0) is 0 Å². The van der Waals surface area contributed by atoms with Gasteiger partial charge in [0.15, 0.2) is 0 Å². The summed E-state index contributed by atoms with van der Waals surface area (Å²) in [4.78, 5) is 14.8. The highest BCUT2D eigenvalue weighted by Gasteiger charge is 2.19. The lowest BCUT2D eigenvalue weighted by Gasteiger charge is -2.15. The summed E-state index contributed by atoms with van der Waals surface area (Å²) in [7, 11) is 0. The Morgan fingerprint density at radius 2 is 1.62 bits per heavy atom. The molecule has 3 aromatic rings. The highest BCUT2D eigenvalue weighted by molar-refractivity contribution is 5.84. The van der Waals surface area contributed by atoms with E-state index in [1.165, 1.54) is 12.1 Å². The fourth-order valence-corrected chi connectivity index (χ4v) is 2.91. The fourth-order valence-electron chi connectivity index (χ4n) is 2.91. The SMILES string of the molecule is Cc1ccc(-c2nc(N)c(C#N)c(-c3ccc([N+](=O)[O-])cc3)c2C)cc1. The Bertz CT molecular complexity index is 1030. The maximum atomic E-state index is 10.9. The van der Waals surface area contributed by atoms with Gasteiger partial charge in [-0.3, -0.25) is 10.1 Å². The summed E-state index contributed by atoms with van der Waals surface area (Å²) < 4.78 is 0. The second-order valence-corrected chi connectivity index (χ2v) is 6.00. The van der Waals surface area contributed by atoms with Crippen LogP contribution in [0.15, 0.2) is 48.5 Å². The average Bonchev–Trinajstić information content (AvgIpc) is 2.64. The van der Waals surface area contributed by atoms with E-state index in [-0.39, 0.29) is 17.1 Å². The summed E-state index contributed by atoms with van der Waals surface area (Å²) in [5.74, 6) is 0.141. The molecule has 0 aliphatic heterocycles. The third-order valence-electron chi connectivity index (χ3n) is 4.27. The Morgan fingerprint density at radius 3 is 2.15 bits per heavy atom. The number of benzene rings is 2. The molecule has 6 heteroatoms. The van der Waals surface area contributed by atoms with E-state index in [9.17, 15) is 15.4 Å². The zero-order valence-electron chi connectivity index (χ0n) is 14.4. The molecule has 0 aliphatic carbocycles. The monoisotopic (exact) mass is 344 g/mol. The third kappa shape index (κ3) is 2.98. The van der Waals surface area contributed by atoms with Gasteiger partial charge < -0.3 is 5.73 Å². The number of nitrogens with two attached hydrogens (primary N) is 1. The van der Waals surface area contributed by atoms with Crippen molar-refractivity contribution in [2.75, 3.05) is 5.73 Å². The van der Waals surface area contributed by atoms with Gasteiger partial charge in [0.25, 0.3) is 5.69 Å². The van der Waals surface area contributed by atoms with Crippen molar-refractivity contribution < 1.29 is 4.92 Å². The number of anilines is 1. The van der Waals surface area contributed by atoms with Gasteiger partial charge in [-0.05, 0) is 37.1 Å². The van der Waals surface area contributed by atoms with Gasteiger partial charge in [0.05, 0.1) is 10.6 Å². The molecule has 2 aromatic carbocycles. The number of aryl methyl sites for hydroxylation is 1. The van der Waals surface area contributed by atoms with Gasteiger partial charge in [-0.2, -0.15) is 5.26 Å². The number of rotatable bonds is 3. The quantitative estimate of drug-likeness (QED) is 0.560. The van der Waals surface area contributed by atoms with Crippen LogP contribution in [0.4, 0.5) is 11.5 Å². The standard InChI is InChI=1S/C20H16N4O2/c1-12-3-5-15(6-4-12)19-13(2)18(17(11-21)20(22)23-19)14-7-9-16(10-8-14)24(25)26/h3-10H,1-2H3,(H2,22,23). The second kappa shape index (κ2) is 6.65. The number of hydrogen-bond acceptors (Lipinski definition) is 5. The van der Waals surface area contributed by atoms with Crippen LogP contribution in [-0.4, -0.2) is 9.91 Å². The first kappa shape index (κ1) is 17.1. The first-order valence-corrected chi connectivity index (χ1v) is 7.94. The molecule has 0 unspecified atom stereocenters. The molecule has 6 nitrogen and oxygen atoms in total. The van der Waals surface area contributed by atoms with Crippen LogP contribution in [0.2, 0.25) is 0 Å². The molecular weight excluding hydrogens is 328 g/mol. The Hall–Kier alpha value is -3.72. The first-order valence-electron chi connectivity index (χ1n) is 7.94. The number of pyridine rings is 1. The van der Waals surface area contributed by atoms with E-state index in [0.717, 1.165) is 16.7 Å². The van der Waals surface area contributed by atoms with E-state index in [1.54, 1.807) is 12.1 Å². The van der Waals surface area contributed by atoms with Crippen molar-refractivity contribution in [3.8, 4) is 28.5 Å². The van der Waals surface area contributed by atoms with E-state index in [4.69, 9.17) is 5.73 Å². The van der Waals surface area contributed by atoms with Gasteiger partial charge in [0.2, 0.25) is 0 Å². The summed E-state index contributed by atoms with van der Waals surface area (Å²) >= 11 is 0. The van der Waals surface area contributed by atoms with Gasteiger partial charge in [-0.1, -0.05) is 29.8 Å². The van der Waals surface area contributed by atoms with Gasteiger partial charge in [0.1, 0.15) is 17.5 Å². The highest BCUT2D eigenvalue weighted by atomic mass is 16.6. The molecule has 26 heavy (non-hydrogen) atoms. The summed E-state index contributed by atoms with van der Waals surface area (Å²) in [6.07, 6.45) is 0. The van der Waals surface area contributed by atoms with Crippen molar-refractivity contribution in [2.24, 2.45) is 0 Å². The summed E-state index contributed by atoms with van der Waals surface area (Å²) in [5, 5.41) is 20.4. The molecule has 0 fully saturated rings. The molecule has 0 bridgehead atoms. The Kier molecular flexibility index (Phi) is 4.38. The molecule has 0 saturated heterocycles. The molecule has 1 heterocycles. The van der Waals surface area contributed by atoms with Crippen LogP contribution in [0.25, 0.3) is 22.4 Å². The van der Waals surface area contributed by atoms with E-state index in [0.29, 0.717) is 16.8 Å². The van der Waals surface area contributed by atoms with Gasteiger partial charge in [-0.15, -0.1) is 0 Å². The third-order valence-corrected chi connectivity index (χ3v) is 4.27. The van der Waals surface area contributed by atoms with E-state index < -0.39 is 4.92 Å². The second-order valence-electron chi connectivity index (χ2n) is 6.00. The molecule has 128 valence electrons. The lowest BCUT2D eigenvalue weighted by Crippen LogP contribution is -2.03. The molecule has 0 spiro atoms. The van der Waals surface area contributed by atoms with Crippen LogP contribution in [0.1, 0.15) is 16.7 Å². The molecule has 0 atom stereocenters. The summed E-state index contributed by atoms with van der Waals surface area (Å²) in [6.45, 7) is 3.87. The molecule has 0 saturated carbocycles. The van der Waals surface area contributed by atoms with E-state index in [2.05, 4.69) is 11.1 Å². The smallest absolute Gasteiger partial charge is 0.269 e. The number of non-ortho nitro benzene ring substituents is 1. The van der Waals surface area contributed by atoms with Gasteiger partial charge >= 0.3 is 0 Å². The molecule has 1 aromatic heterocycles. The molecule has 0 amide bonds. The van der Waals surface area contributed by atoms with Crippen molar-refractivity contribution in [1.82, 2.24) is 4.98 Å². The number of aromatic nitrogens is 1. The predicted molar refractivity (Wildman–Crippen MR) is 100 cm³/mol. The Morgan fingerprint density at radius 1 is 1.04 bits per heavy atom. The molecule has 0 radical (unpaired) electrons. The summed E-state index contributed by atoms with van der Waals surface area (Å²) in [6, 6.07) is 16.1. The van der Waals surface area contributed by atoms with Gasteiger partial charge in [0, 0.05) is 23.3 Å². The number of nitro benzene ring substituents is 1. The van der Waals surface area contributed by atoms with Crippen LogP contribution in [0, 0.1) is 35.3 Å². The minimum Gasteiger partial charge on any atom is -0.383 e. The lowest BCUT2D eigenvalue weighted by molar-refractivity contribution is -0.384. The number of nitro groups is 1. The molecule has 3 rings (SSSR count). The number of nitrogens with zero attached hydrogens (tertiary/aromatic N) is 3. The number of nitrogen functional groups attached to an aromatic ring is 1. The highest BCUT2D eigenvalue weighted by Crippen LogP contribution is 2.36. The predicted octanol–water partition coefficient (Wildman–Crippen LogP) is 4.39. The topological polar surface area (TPSA) is 106 Å². The van der Waals surface area contributed by atoms with Crippen LogP contribution < -0.4 is 5.73 Å². The Balaban J connectivity index is 2.25. The molecule has 2 N–H and O–H groups in total. The minimum atomic E-state index is -0.458. The number of hydrogen-bond donors (Lipinski definition) is 1.